The molecule has 0 saturated carbocycles. The fourth-order valence-electron chi connectivity index (χ4n) is 3.02. The van der Waals surface area contributed by atoms with Crippen molar-refractivity contribution in [1.29, 1.82) is 0 Å². The molecule has 1 saturated heterocycles. The number of piperazine rings is 1. The summed E-state index contributed by atoms with van der Waals surface area (Å²) in [5, 5.41) is 2.57. The summed E-state index contributed by atoms with van der Waals surface area (Å²) in [5.74, 6) is -0.759. The number of para-hydroxylation sites is 1. The van der Waals surface area contributed by atoms with Gasteiger partial charge in [-0.3, -0.25) is 14.5 Å². The summed E-state index contributed by atoms with van der Waals surface area (Å²) in [6.45, 7) is 2.82. The van der Waals surface area contributed by atoms with Crippen LogP contribution in [0.1, 0.15) is 6.42 Å². The molecule has 1 aliphatic heterocycles. The van der Waals surface area contributed by atoms with E-state index < -0.39 is 5.82 Å². The lowest BCUT2D eigenvalue weighted by atomic mass is 10.2. The molecule has 29 heavy (non-hydrogen) atoms. The van der Waals surface area contributed by atoms with E-state index in [9.17, 15) is 18.4 Å². The van der Waals surface area contributed by atoms with Crippen molar-refractivity contribution < 1.29 is 23.1 Å². The number of nitrogens with zero attached hydrogens (tertiary/aromatic N) is 2. The van der Waals surface area contributed by atoms with Gasteiger partial charge in [0.15, 0.2) is 6.61 Å². The number of carbonyl (C=O) groups is 2. The van der Waals surface area contributed by atoms with E-state index in [1.165, 1.54) is 36.4 Å². The monoisotopic (exact) mass is 403 g/mol. The predicted molar refractivity (Wildman–Crippen MR) is 105 cm³/mol. The molecule has 0 bridgehead atoms. The molecule has 0 aliphatic carbocycles. The van der Waals surface area contributed by atoms with Gasteiger partial charge in [-0.2, -0.15) is 0 Å². The highest BCUT2D eigenvalue weighted by molar-refractivity contribution is 5.90. The Kier molecular flexibility index (Phi) is 7.13. The fraction of sp³-hybridized carbons (Fsp3) is 0.333. The van der Waals surface area contributed by atoms with E-state index in [0.717, 1.165) is 0 Å². The van der Waals surface area contributed by atoms with Crippen molar-refractivity contribution in [3.63, 3.8) is 0 Å². The van der Waals surface area contributed by atoms with Crippen LogP contribution in [0.3, 0.4) is 0 Å². The van der Waals surface area contributed by atoms with E-state index in [1.807, 2.05) is 0 Å². The van der Waals surface area contributed by atoms with Crippen LogP contribution >= 0.6 is 0 Å². The van der Waals surface area contributed by atoms with Gasteiger partial charge in [-0.1, -0.05) is 12.1 Å². The highest BCUT2D eigenvalue weighted by Gasteiger charge is 2.21. The maximum Gasteiger partial charge on any atom is 0.260 e. The molecule has 2 aromatic carbocycles. The molecule has 1 aliphatic rings. The van der Waals surface area contributed by atoms with E-state index in [1.54, 1.807) is 17.0 Å². The Morgan fingerprint density at radius 1 is 0.966 bits per heavy atom. The van der Waals surface area contributed by atoms with Crippen LogP contribution in [0.25, 0.3) is 0 Å². The van der Waals surface area contributed by atoms with Crippen LogP contribution in [0, 0.1) is 11.6 Å². The van der Waals surface area contributed by atoms with Gasteiger partial charge in [-0.05, 0) is 36.4 Å². The summed E-state index contributed by atoms with van der Waals surface area (Å²) < 4.78 is 31.8. The zero-order valence-corrected chi connectivity index (χ0v) is 15.9. The van der Waals surface area contributed by atoms with Crippen molar-refractivity contribution in [3.8, 4) is 5.75 Å². The van der Waals surface area contributed by atoms with Crippen molar-refractivity contribution in [2.45, 2.75) is 6.42 Å². The number of anilines is 1. The second kappa shape index (κ2) is 9.97. The van der Waals surface area contributed by atoms with Crippen LogP contribution in [0.15, 0.2) is 48.5 Å². The van der Waals surface area contributed by atoms with Gasteiger partial charge in [0.2, 0.25) is 5.91 Å². The van der Waals surface area contributed by atoms with E-state index in [4.69, 9.17) is 4.74 Å². The number of carbonyl (C=O) groups excluding carboxylic acids is 2. The van der Waals surface area contributed by atoms with Gasteiger partial charge in [0.05, 0.1) is 5.69 Å². The molecular weight excluding hydrogens is 380 g/mol. The first kappa shape index (κ1) is 20.7. The van der Waals surface area contributed by atoms with E-state index in [0.29, 0.717) is 38.5 Å². The summed E-state index contributed by atoms with van der Waals surface area (Å²) in [4.78, 5) is 28.1. The molecule has 8 heteroatoms. The lowest BCUT2D eigenvalue weighted by Crippen LogP contribution is -2.50. The smallest absolute Gasteiger partial charge is 0.260 e. The topological polar surface area (TPSA) is 61.9 Å². The molecule has 2 aromatic rings. The fourth-order valence-corrected chi connectivity index (χ4v) is 3.02. The van der Waals surface area contributed by atoms with Gasteiger partial charge in [0.1, 0.15) is 17.4 Å². The Bertz CT molecular complexity index is 837. The van der Waals surface area contributed by atoms with E-state index in [-0.39, 0.29) is 36.3 Å². The Labute approximate surface area is 168 Å². The number of hydrogen-bond donors (Lipinski definition) is 1. The standard InChI is InChI=1S/C21H23F2N3O3/c22-16-5-7-17(8-6-16)29-15-21(28)26-13-11-25(12-14-26)10-9-20(27)24-19-4-2-1-3-18(19)23/h1-8H,9-15H2,(H,24,27). The van der Waals surface area contributed by atoms with Crippen LogP contribution in [0.4, 0.5) is 14.5 Å². The lowest BCUT2D eigenvalue weighted by Gasteiger charge is -2.34. The molecule has 0 radical (unpaired) electrons. The molecule has 6 nitrogen and oxygen atoms in total. The molecule has 3 rings (SSSR count). The third-order valence-corrected chi connectivity index (χ3v) is 4.70. The van der Waals surface area contributed by atoms with E-state index >= 15 is 0 Å². The Morgan fingerprint density at radius 3 is 2.34 bits per heavy atom. The normalized spacial score (nSPS) is 14.5. The number of rotatable bonds is 7. The minimum Gasteiger partial charge on any atom is -0.484 e. The van der Waals surface area contributed by atoms with Crippen molar-refractivity contribution in [1.82, 2.24) is 9.80 Å². The number of ether oxygens (including phenoxy) is 1. The van der Waals surface area contributed by atoms with Gasteiger partial charge >= 0.3 is 0 Å². The number of nitrogens with one attached hydrogen (secondary N) is 1. The molecule has 1 fully saturated rings. The second-order valence-electron chi connectivity index (χ2n) is 6.74. The summed E-state index contributed by atoms with van der Waals surface area (Å²) in [6.07, 6.45) is 0.246. The quantitative estimate of drug-likeness (QED) is 0.772. The molecule has 2 amide bonds. The second-order valence-corrected chi connectivity index (χ2v) is 6.74. The average Bonchev–Trinajstić information content (AvgIpc) is 2.74. The summed E-state index contributed by atoms with van der Waals surface area (Å²) in [6, 6.07) is 11.6. The number of hydrogen-bond acceptors (Lipinski definition) is 4. The highest BCUT2D eigenvalue weighted by atomic mass is 19.1. The van der Waals surface area contributed by atoms with Crippen LogP contribution in [0.2, 0.25) is 0 Å². The Hall–Kier alpha value is -3.00. The van der Waals surface area contributed by atoms with Crippen molar-refractivity contribution in [2.75, 3.05) is 44.6 Å². The SMILES string of the molecule is O=C(CCN1CCN(C(=O)COc2ccc(F)cc2)CC1)Nc1ccccc1F. The van der Waals surface area contributed by atoms with Gasteiger partial charge in [-0.15, -0.1) is 0 Å². The molecule has 1 heterocycles. The molecular formula is C21H23F2N3O3. The first-order valence-corrected chi connectivity index (χ1v) is 9.44. The molecule has 0 spiro atoms. The molecule has 0 atom stereocenters. The minimum atomic E-state index is -0.462. The van der Waals surface area contributed by atoms with Crippen LogP contribution in [0.5, 0.6) is 5.75 Å². The van der Waals surface area contributed by atoms with E-state index in [2.05, 4.69) is 10.2 Å². The largest absolute Gasteiger partial charge is 0.484 e. The Morgan fingerprint density at radius 2 is 1.66 bits per heavy atom. The number of amides is 2. The molecule has 0 aromatic heterocycles. The third kappa shape index (κ3) is 6.25. The van der Waals surface area contributed by atoms with Crippen LogP contribution < -0.4 is 10.1 Å². The predicted octanol–water partition coefficient (Wildman–Crippen LogP) is 2.52. The number of benzene rings is 2. The zero-order valence-electron chi connectivity index (χ0n) is 15.9. The van der Waals surface area contributed by atoms with Gasteiger partial charge < -0.3 is 15.0 Å². The minimum absolute atomic E-state index is 0.101. The summed E-state index contributed by atoms with van der Waals surface area (Å²) in [7, 11) is 0. The molecule has 0 unspecified atom stereocenters. The highest BCUT2D eigenvalue weighted by Crippen LogP contribution is 2.13. The van der Waals surface area contributed by atoms with Gasteiger partial charge in [0, 0.05) is 39.1 Å². The van der Waals surface area contributed by atoms with Crippen molar-refractivity contribution in [2.24, 2.45) is 0 Å². The maximum absolute atomic E-state index is 13.6. The Balaban J connectivity index is 1.35. The average molecular weight is 403 g/mol. The summed E-state index contributed by atoms with van der Waals surface area (Å²) in [5.41, 5.74) is 0.175. The lowest BCUT2D eigenvalue weighted by molar-refractivity contribution is -0.135. The van der Waals surface area contributed by atoms with Crippen molar-refractivity contribution in [3.05, 3.63) is 60.2 Å². The van der Waals surface area contributed by atoms with Crippen LogP contribution in [-0.4, -0.2) is 60.9 Å². The van der Waals surface area contributed by atoms with Crippen molar-refractivity contribution >= 4 is 17.5 Å². The zero-order chi connectivity index (χ0) is 20.6. The maximum atomic E-state index is 13.6. The molecule has 1 N–H and O–H groups in total. The first-order chi connectivity index (χ1) is 14.0. The first-order valence-electron chi connectivity index (χ1n) is 9.44. The van der Waals surface area contributed by atoms with Crippen LogP contribution in [-0.2, 0) is 9.59 Å². The van der Waals surface area contributed by atoms with Gasteiger partial charge in [0.25, 0.3) is 5.91 Å². The third-order valence-electron chi connectivity index (χ3n) is 4.70. The summed E-state index contributed by atoms with van der Waals surface area (Å²) >= 11 is 0. The molecule has 154 valence electrons. The van der Waals surface area contributed by atoms with Gasteiger partial charge in [-0.25, -0.2) is 8.78 Å². The number of halogens is 2.